The van der Waals surface area contributed by atoms with E-state index in [9.17, 15) is 8.42 Å². The normalized spacial score (nSPS) is 15.0. The highest BCUT2D eigenvalue weighted by Crippen LogP contribution is 2.35. The fraction of sp³-hybridized carbons (Fsp3) is 0.318. The van der Waals surface area contributed by atoms with Crippen LogP contribution in [-0.4, -0.2) is 26.5 Å². The SMILES string of the molecule is CCc1ccc(S(=O)(=O)c2nc(-c3ccccc3)oc2N2CCCCC2)cc1. The van der Waals surface area contributed by atoms with Crippen LogP contribution in [0.15, 0.2) is 68.9 Å². The summed E-state index contributed by atoms with van der Waals surface area (Å²) in [5, 5.41) is 0.0116. The van der Waals surface area contributed by atoms with E-state index in [1.807, 2.05) is 54.3 Å². The molecule has 28 heavy (non-hydrogen) atoms. The Morgan fingerprint density at radius 3 is 2.29 bits per heavy atom. The largest absolute Gasteiger partial charge is 0.419 e. The fourth-order valence-electron chi connectivity index (χ4n) is 3.49. The average molecular weight is 397 g/mol. The molecular weight excluding hydrogens is 372 g/mol. The zero-order valence-corrected chi connectivity index (χ0v) is 16.8. The molecule has 6 heteroatoms. The van der Waals surface area contributed by atoms with Crippen molar-refractivity contribution in [1.82, 2.24) is 4.98 Å². The van der Waals surface area contributed by atoms with Gasteiger partial charge in [0.15, 0.2) is 0 Å². The summed E-state index contributed by atoms with van der Waals surface area (Å²) < 4.78 is 32.8. The number of aryl methyl sites for hydroxylation is 1. The number of hydrogen-bond donors (Lipinski definition) is 0. The fourth-order valence-corrected chi connectivity index (χ4v) is 4.81. The molecule has 3 aromatic rings. The van der Waals surface area contributed by atoms with E-state index >= 15 is 0 Å². The summed E-state index contributed by atoms with van der Waals surface area (Å²) in [6, 6.07) is 16.4. The minimum Gasteiger partial charge on any atom is -0.419 e. The van der Waals surface area contributed by atoms with Gasteiger partial charge in [-0.1, -0.05) is 37.3 Å². The van der Waals surface area contributed by atoms with E-state index < -0.39 is 9.84 Å². The van der Waals surface area contributed by atoms with E-state index in [1.54, 1.807) is 12.1 Å². The molecule has 0 spiro atoms. The average Bonchev–Trinajstić information content (AvgIpc) is 3.21. The van der Waals surface area contributed by atoms with E-state index in [2.05, 4.69) is 4.98 Å². The van der Waals surface area contributed by atoms with E-state index in [0.29, 0.717) is 11.8 Å². The summed E-state index contributed by atoms with van der Waals surface area (Å²) in [5.41, 5.74) is 1.86. The number of anilines is 1. The van der Waals surface area contributed by atoms with Gasteiger partial charge in [0, 0.05) is 18.7 Å². The van der Waals surface area contributed by atoms with Crippen LogP contribution in [0.3, 0.4) is 0 Å². The highest BCUT2D eigenvalue weighted by atomic mass is 32.2. The molecule has 2 heterocycles. The van der Waals surface area contributed by atoms with E-state index in [4.69, 9.17) is 4.42 Å². The number of oxazole rings is 1. The third kappa shape index (κ3) is 3.56. The van der Waals surface area contributed by atoms with Crippen molar-refractivity contribution in [3.8, 4) is 11.5 Å². The van der Waals surface area contributed by atoms with Gasteiger partial charge in [-0.2, -0.15) is 4.98 Å². The Morgan fingerprint density at radius 1 is 0.964 bits per heavy atom. The van der Waals surface area contributed by atoms with Gasteiger partial charge in [-0.05, 0) is 55.5 Å². The van der Waals surface area contributed by atoms with Crippen molar-refractivity contribution in [2.45, 2.75) is 42.5 Å². The molecule has 0 unspecified atom stereocenters. The number of rotatable bonds is 5. The van der Waals surface area contributed by atoms with Crippen LogP contribution in [-0.2, 0) is 16.3 Å². The summed E-state index contributed by atoms with van der Waals surface area (Å²) in [6.45, 7) is 3.60. The van der Waals surface area contributed by atoms with E-state index in [0.717, 1.165) is 49.9 Å². The van der Waals surface area contributed by atoms with Gasteiger partial charge in [-0.15, -0.1) is 0 Å². The second-order valence-electron chi connectivity index (χ2n) is 7.04. The van der Waals surface area contributed by atoms with E-state index in [-0.39, 0.29) is 9.92 Å². The molecule has 0 atom stereocenters. The number of hydrogen-bond acceptors (Lipinski definition) is 5. The second-order valence-corrected chi connectivity index (χ2v) is 8.91. The van der Waals surface area contributed by atoms with Crippen LogP contribution in [0.5, 0.6) is 0 Å². The standard InChI is InChI=1S/C22H24N2O3S/c1-2-17-11-13-19(14-12-17)28(25,26)21-22(24-15-7-4-8-16-24)27-20(23-21)18-9-5-3-6-10-18/h3,5-6,9-14H,2,4,7-8,15-16H2,1H3. The Bertz CT molecular complexity index is 1040. The Morgan fingerprint density at radius 2 is 1.64 bits per heavy atom. The first-order valence-corrected chi connectivity index (χ1v) is 11.2. The molecule has 2 aromatic carbocycles. The molecule has 5 nitrogen and oxygen atoms in total. The number of nitrogens with zero attached hydrogens (tertiary/aromatic N) is 2. The number of benzene rings is 2. The van der Waals surface area contributed by atoms with Gasteiger partial charge in [0.2, 0.25) is 26.6 Å². The molecule has 1 saturated heterocycles. The zero-order chi connectivity index (χ0) is 19.6. The van der Waals surface area contributed by atoms with Crippen molar-refractivity contribution >= 4 is 15.7 Å². The number of aromatic nitrogens is 1. The molecule has 4 rings (SSSR count). The smallest absolute Gasteiger partial charge is 0.236 e. The molecule has 1 aromatic heterocycles. The van der Waals surface area contributed by atoms with Gasteiger partial charge in [0.1, 0.15) is 0 Å². The van der Waals surface area contributed by atoms with Crippen LogP contribution in [0, 0.1) is 0 Å². The molecule has 0 radical (unpaired) electrons. The highest BCUT2D eigenvalue weighted by Gasteiger charge is 2.31. The second kappa shape index (κ2) is 7.80. The van der Waals surface area contributed by atoms with Gasteiger partial charge >= 0.3 is 0 Å². The quantitative estimate of drug-likeness (QED) is 0.624. The van der Waals surface area contributed by atoms with Gasteiger partial charge in [-0.3, -0.25) is 0 Å². The van der Waals surface area contributed by atoms with Crippen LogP contribution >= 0.6 is 0 Å². The third-order valence-corrected chi connectivity index (χ3v) is 6.81. The minimum absolute atomic E-state index is 0.0116. The maximum atomic E-state index is 13.4. The molecule has 1 aliphatic heterocycles. The molecule has 1 fully saturated rings. The maximum Gasteiger partial charge on any atom is 0.236 e. The lowest BCUT2D eigenvalue weighted by molar-refractivity contribution is 0.499. The molecule has 0 bridgehead atoms. The Hall–Kier alpha value is -2.60. The van der Waals surface area contributed by atoms with Crippen LogP contribution in [0.25, 0.3) is 11.5 Å². The van der Waals surface area contributed by atoms with Gasteiger partial charge < -0.3 is 9.32 Å². The first kappa shape index (κ1) is 18.7. The van der Waals surface area contributed by atoms with Crippen molar-refractivity contribution in [3.05, 3.63) is 60.2 Å². The molecule has 1 aliphatic rings. The summed E-state index contributed by atoms with van der Waals surface area (Å²) in [6.07, 6.45) is 4.05. The number of sulfone groups is 1. The summed E-state index contributed by atoms with van der Waals surface area (Å²) in [5.74, 6) is 0.697. The summed E-state index contributed by atoms with van der Waals surface area (Å²) in [4.78, 5) is 6.71. The van der Waals surface area contributed by atoms with Crippen LogP contribution in [0.4, 0.5) is 5.88 Å². The Kier molecular flexibility index (Phi) is 5.22. The molecule has 0 saturated carbocycles. The maximum absolute atomic E-state index is 13.4. The van der Waals surface area contributed by atoms with Gasteiger partial charge in [0.25, 0.3) is 0 Å². The Balaban J connectivity index is 1.82. The lowest BCUT2D eigenvalue weighted by Crippen LogP contribution is -2.30. The third-order valence-electron chi connectivity index (χ3n) is 5.14. The molecule has 0 amide bonds. The zero-order valence-electron chi connectivity index (χ0n) is 16.0. The number of piperidine rings is 1. The summed E-state index contributed by atoms with van der Waals surface area (Å²) >= 11 is 0. The van der Waals surface area contributed by atoms with Gasteiger partial charge in [0.05, 0.1) is 4.90 Å². The summed E-state index contributed by atoms with van der Waals surface area (Å²) in [7, 11) is -3.78. The highest BCUT2D eigenvalue weighted by molar-refractivity contribution is 7.91. The molecule has 146 valence electrons. The Labute approximate surface area is 165 Å². The van der Waals surface area contributed by atoms with E-state index in [1.165, 1.54) is 0 Å². The van der Waals surface area contributed by atoms with Crippen LogP contribution in [0.1, 0.15) is 31.7 Å². The lowest BCUT2D eigenvalue weighted by atomic mass is 10.1. The van der Waals surface area contributed by atoms with Crippen LogP contribution < -0.4 is 4.90 Å². The van der Waals surface area contributed by atoms with Crippen molar-refractivity contribution in [2.24, 2.45) is 0 Å². The molecule has 0 N–H and O–H groups in total. The first-order chi connectivity index (χ1) is 13.6. The monoisotopic (exact) mass is 396 g/mol. The predicted molar refractivity (Wildman–Crippen MR) is 109 cm³/mol. The van der Waals surface area contributed by atoms with Crippen molar-refractivity contribution in [2.75, 3.05) is 18.0 Å². The van der Waals surface area contributed by atoms with Crippen LogP contribution in [0.2, 0.25) is 0 Å². The minimum atomic E-state index is -3.78. The van der Waals surface area contributed by atoms with Crippen molar-refractivity contribution in [3.63, 3.8) is 0 Å². The van der Waals surface area contributed by atoms with Gasteiger partial charge in [-0.25, -0.2) is 8.42 Å². The molecular formula is C22H24N2O3S. The first-order valence-electron chi connectivity index (χ1n) is 9.75. The topological polar surface area (TPSA) is 63.4 Å². The molecule has 0 aliphatic carbocycles. The predicted octanol–water partition coefficient (Wildman–Crippen LogP) is 4.73. The van der Waals surface area contributed by atoms with Crippen molar-refractivity contribution in [1.29, 1.82) is 0 Å². The lowest BCUT2D eigenvalue weighted by Gasteiger charge is -2.26. The van der Waals surface area contributed by atoms with Crippen molar-refractivity contribution < 1.29 is 12.8 Å².